The second kappa shape index (κ2) is 7.66. The van der Waals surface area contributed by atoms with E-state index in [4.69, 9.17) is 4.74 Å². The molecule has 4 rings (SSSR count). The van der Waals surface area contributed by atoms with E-state index in [-0.39, 0.29) is 31.0 Å². The molecule has 0 spiro atoms. The number of nitrogens with one attached hydrogen (secondary N) is 1. The Morgan fingerprint density at radius 1 is 1.04 bits per heavy atom. The molecule has 5 heteroatoms. The quantitative estimate of drug-likeness (QED) is 0.881. The zero-order chi connectivity index (χ0) is 19.7. The normalized spacial score (nSPS) is 20.6. The summed E-state index contributed by atoms with van der Waals surface area (Å²) in [6.07, 6.45) is 0.464. The zero-order valence-corrected chi connectivity index (χ0v) is 16.4. The molecule has 0 aromatic heterocycles. The topological polar surface area (TPSA) is 58.6 Å². The van der Waals surface area contributed by atoms with Gasteiger partial charge in [-0.05, 0) is 41.5 Å². The Balaban J connectivity index is 1.35. The van der Waals surface area contributed by atoms with Crippen molar-refractivity contribution in [3.05, 3.63) is 59.7 Å². The molecule has 2 unspecified atom stereocenters. The minimum absolute atomic E-state index is 0.0201. The van der Waals surface area contributed by atoms with Crippen molar-refractivity contribution in [3.8, 4) is 11.1 Å². The van der Waals surface area contributed by atoms with Crippen LogP contribution < -0.4 is 5.32 Å². The van der Waals surface area contributed by atoms with Gasteiger partial charge in [-0.25, -0.2) is 4.79 Å². The molecule has 2 aliphatic rings. The Morgan fingerprint density at radius 3 is 2.21 bits per heavy atom. The van der Waals surface area contributed by atoms with Crippen molar-refractivity contribution >= 4 is 12.0 Å². The number of fused-ring (bicyclic) bond motifs is 3. The van der Waals surface area contributed by atoms with E-state index in [9.17, 15) is 9.59 Å². The second-order valence-corrected chi connectivity index (χ2v) is 7.92. The summed E-state index contributed by atoms with van der Waals surface area (Å²) in [5, 5.41) is 2.61. The van der Waals surface area contributed by atoms with Crippen LogP contribution in [0.2, 0.25) is 0 Å². The van der Waals surface area contributed by atoms with Crippen LogP contribution in [-0.4, -0.2) is 42.6 Å². The SMILES string of the molecule is CC1CC(C)N(C(=O)CNC(=O)OCC2c3ccccc3-c3ccccc32)C1. The molecule has 5 nitrogen and oxygen atoms in total. The van der Waals surface area contributed by atoms with Gasteiger partial charge in [-0.15, -0.1) is 0 Å². The monoisotopic (exact) mass is 378 g/mol. The third-order valence-corrected chi connectivity index (χ3v) is 5.83. The van der Waals surface area contributed by atoms with E-state index in [0.29, 0.717) is 5.92 Å². The van der Waals surface area contributed by atoms with Crippen LogP contribution in [0.15, 0.2) is 48.5 Å². The molecular formula is C23H26N2O3. The number of rotatable bonds is 4. The van der Waals surface area contributed by atoms with Gasteiger partial charge in [-0.3, -0.25) is 4.79 Å². The fraction of sp³-hybridized carbons (Fsp3) is 0.391. The van der Waals surface area contributed by atoms with Crippen molar-refractivity contribution in [2.24, 2.45) is 5.92 Å². The van der Waals surface area contributed by atoms with Gasteiger partial charge in [0.25, 0.3) is 0 Å². The predicted octanol–water partition coefficient (Wildman–Crippen LogP) is 3.78. The van der Waals surface area contributed by atoms with Gasteiger partial charge < -0.3 is 15.0 Å². The maximum absolute atomic E-state index is 12.3. The highest BCUT2D eigenvalue weighted by molar-refractivity contribution is 5.83. The lowest BCUT2D eigenvalue weighted by molar-refractivity contribution is -0.130. The minimum atomic E-state index is -0.546. The van der Waals surface area contributed by atoms with Crippen LogP contribution >= 0.6 is 0 Å². The van der Waals surface area contributed by atoms with Gasteiger partial charge in [0.2, 0.25) is 5.91 Å². The Kier molecular flexibility index (Phi) is 5.07. The molecule has 1 saturated heterocycles. The zero-order valence-electron chi connectivity index (χ0n) is 16.4. The molecular weight excluding hydrogens is 352 g/mol. The molecule has 2 aromatic rings. The van der Waals surface area contributed by atoms with Crippen LogP contribution in [0.5, 0.6) is 0 Å². The Labute approximate surface area is 165 Å². The highest BCUT2D eigenvalue weighted by Gasteiger charge is 2.31. The highest BCUT2D eigenvalue weighted by atomic mass is 16.5. The smallest absolute Gasteiger partial charge is 0.407 e. The summed E-state index contributed by atoms with van der Waals surface area (Å²) in [6.45, 7) is 5.18. The average Bonchev–Trinajstić information content (AvgIpc) is 3.21. The summed E-state index contributed by atoms with van der Waals surface area (Å²) < 4.78 is 5.48. The number of alkyl carbamates (subject to hydrolysis) is 1. The maximum atomic E-state index is 12.3. The van der Waals surface area contributed by atoms with Crippen molar-refractivity contribution < 1.29 is 14.3 Å². The summed E-state index contributed by atoms with van der Waals surface area (Å²) in [5.41, 5.74) is 4.73. The van der Waals surface area contributed by atoms with Gasteiger partial charge in [0.1, 0.15) is 13.2 Å². The van der Waals surface area contributed by atoms with E-state index in [0.717, 1.165) is 13.0 Å². The van der Waals surface area contributed by atoms with Crippen molar-refractivity contribution in [1.82, 2.24) is 10.2 Å². The van der Waals surface area contributed by atoms with Gasteiger partial charge in [0, 0.05) is 18.5 Å². The minimum Gasteiger partial charge on any atom is -0.449 e. The number of benzene rings is 2. The van der Waals surface area contributed by atoms with Crippen molar-refractivity contribution in [1.29, 1.82) is 0 Å². The molecule has 28 heavy (non-hydrogen) atoms. The van der Waals surface area contributed by atoms with Crippen LogP contribution in [0, 0.1) is 5.92 Å². The number of amides is 2. The van der Waals surface area contributed by atoms with E-state index >= 15 is 0 Å². The average molecular weight is 378 g/mol. The number of carbonyl (C=O) groups excluding carboxylic acids is 2. The molecule has 0 saturated carbocycles. The van der Waals surface area contributed by atoms with Crippen LogP contribution in [0.3, 0.4) is 0 Å². The lowest BCUT2D eigenvalue weighted by Gasteiger charge is -2.21. The summed E-state index contributed by atoms with van der Waals surface area (Å²) in [7, 11) is 0. The number of nitrogens with zero attached hydrogens (tertiary/aromatic N) is 1. The standard InChI is InChI=1S/C23H26N2O3/c1-15-11-16(2)25(13-15)22(26)12-24-23(27)28-14-21-19-9-5-3-7-17(19)18-8-4-6-10-20(18)21/h3-10,15-16,21H,11-14H2,1-2H3,(H,24,27). The lowest BCUT2D eigenvalue weighted by atomic mass is 9.98. The molecule has 1 aliphatic carbocycles. The van der Waals surface area contributed by atoms with Gasteiger partial charge >= 0.3 is 6.09 Å². The predicted molar refractivity (Wildman–Crippen MR) is 108 cm³/mol. The lowest BCUT2D eigenvalue weighted by Crippen LogP contribution is -2.42. The van der Waals surface area contributed by atoms with Crippen molar-refractivity contribution in [3.63, 3.8) is 0 Å². The van der Waals surface area contributed by atoms with Gasteiger partial charge in [-0.1, -0.05) is 55.5 Å². The van der Waals surface area contributed by atoms with E-state index < -0.39 is 6.09 Å². The van der Waals surface area contributed by atoms with Crippen LogP contribution in [-0.2, 0) is 9.53 Å². The number of carbonyl (C=O) groups is 2. The molecule has 146 valence electrons. The third kappa shape index (κ3) is 3.49. The number of likely N-dealkylation sites (tertiary alicyclic amines) is 1. The van der Waals surface area contributed by atoms with Crippen LogP contribution in [0.25, 0.3) is 11.1 Å². The first-order valence-electron chi connectivity index (χ1n) is 9.93. The first-order chi connectivity index (χ1) is 13.5. The van der Waals surface area contributed by atoms with Gasteiger partial charge in [0.05, 0.1) is 0 Å². The van der Waals surface area contributed by atoms with E-state index in [1.54, 1.807) is 0 Å². The number of hydrogen-bond acceptors (Lipinski definition) is 3. The van der Waals surface area contributed by atoms with E-state index in [1.807, 2.05) is 29.2 Å². The number of hydrogen-bond donors (Lipinski definition) is 1. The Bertz CT molecular complexity index is 849. The molecule has 0 radical (unpaired) electrons. The summed E-state index contributed by atoms with van der Waals surface area (Å²) in [6, 6.07) is 16.7. The summed E-state index contributed by atoms with van der Waals surface area (Å²) in [4.78, 5) is 26.4. The summed E-state index contributed by atoms with van der Waals surface area (Å²) >= 11 is 0. The fourth-order valence-electron chi connectivity index (χ4n) is 4.55. The highest BCUT2D eigenvalue weighted by Crippen LogP contribution is 2.44. The molecule has 1 heterocycles. The molecule has 1 aliphatic heterocycles. The molecule has 2 aromatic carbocycles. The van der Waals surface area contributed by atoms with Crippen molar-refractivity contribution in [2.75, 3.05) is 19.7 Å². The van der Waals surface area contributed by atoms with Crippen LogP contribution in [0.1, 0.15) is 37.3 Å². The Morgan fingerprint density at radius 2 is 1.64 bits per heavy atom. The molecule has 0 bridgehead atoms. The van der Waals surface area contributed by atoms with E-state index in [1.165, 1.54) is 22.3 Å². The largest absolute Gasteiger partial charge is 0.449 e. The van der Waals surface area contributed by atoms with Crippen molar-refractivity contribution in [2.45, 2.75) is 32.2 Å². The first-order valence-corrected chi connectivity index (χ1v) is 9.93. The molecule has 2 atom stereocenters. The molecule has 2 amide bonds. The van der Waals surface area contributed by atoms with Crippen LogP contribution in [0.4, 0.5) is 4.79 Å². The molecule has 1 N–H and O–H groups in total. The maximum Gasteiger partial charge on any atom is 0.407 e. The fourth-order valence-corrected chi connectivity index (χ4v) is 4.55. The third-order valence-electron chi connectivity index (χ3n) is 5.83. The van der Waals surface area contributed by atoms with E-state index in [2.05, 4.69) is 43.4 Å². The van der Waals surface area contributed by atoms with Gasteiger partial charge in [0.15, 0.2) is 0 Å². The summed E-state index contributed by atoms with van der Waals surface area (Å²) in [5.74, 6) is 0.479. The molecule has 1 fully saturated rings. The Hall–Kier alpha value is -2.82. The van der Waals surface area contributed by atoms with Gasteiger partial charge in [-0.2, -0.15) is 0 Å². The second-order valence-electron chi connectivity index (χ2n) is 7.92. The first kappa shape index (κ1) is 18.5. The number of ether oxygens (including phenoxy) is 1.